The van der Waals surface area contributed by atoms with Crippen molar-refractivity contribution in [2.45, 2.75) is 44.7 Å². The van der Waals surface area contributed by atoms with Crippen LogP contribution in [-0.4, -0.2) is 80.7 Å². The van der Waals surface area contributed by atoms with Gasteiger partial charge in [0, 0.05) is 18.2 Å². The van der Waals surface area contributed by atoms with Crippen LogP contribution in [0.3, 0.4) is 0 Å². The molecule has 3 amide bonds. The zero-order valence-electron chi connectivity index (χ0n) is 16.5. The van der Waals surface area contributed by atoms with E-state index >= 15 is 0 Å². The van der Waals surface area contributed by atoms with Crippen molar-refractivity contribution < 1.29 is 38.6 Å². The summed E-state index contributed by atoms with van der Waals surface area (Å²) in [6, 6.07) is -1.24. The molecule has 160 valence electrons. The lowest BCUT2D eigenvalue weighted by Gasteiger charge is -2.51. The van der Waals surface area contributed by atoms with Gasteiger partial charge in [-0.3, -0.25) is 19.3 Å². The van der Waals surface area contributed by atoms with Crippen molar-refractivity contribution in [2.75, 3.05) is 18.9 Å². The molecule has 0 aliphatic carbocycles. The Kier molecular flexibility index (Phi) is 6.58. The van der Waals surface area contributed by atoms with Crippen LogP contribution in [0, 0.1) is 0 Å². The van der Waals surface area contributed by atoms with Gasteiger partial charge in [0.05, 0.1) is 6.54 Å². The number of nitrogens with two attached hydrogens (primary N) is 1. The van der Waals surface area contributed by atoms with Crippen LogP contribution in [0.15, 0.2) is 11.3 Å². The molecule has 2 atom stereocenters. The van der Waals surface area contributed by atoms with Crippen LogP contribution >= 0.6 is 11.8 Å². The number of ether oxygens (including phenoxy) is 2. The first-order chi connectivity index (χ1) is 13.4. The van der Waals surface area contributed by atoms with E-state index in [1.807, 2.05) is 0 Å². The number of esters is 1. The Morgan fingerprint density at radius 2 is 1.93 bits per heavy atom. The number of thioether (sulfide) groups is 1. The van der Waals surface area contributed by atoms with Crippen LogP contribution in [-0.2, 0) is 28.7 Å². The molecule has 0 radical (unpaired) electrons. The molecule has 11 nitrogen and oxygen atoms in total. The summed E-state index contributed by atoms with van der Waals surface area (Å²) in [7, 11) is 0. The van der Waals surface area contributed by atoms with Crippen molar-refractivity contribution in [3.63, 3.8) is 0 Å². The highest BCUT2D eigenvalue weighted by atomic mass is 32.2. The number of amides is 3. The van der Waals surface area contributed by atoms with Gasteiger partial charge in [0.15, 0.2) is 6.04 Å². The molecule has 1 saturated heterocycles. The molecule has 29 heavy (non-hydrogen) atoms. The van der Waals surface area contributed by atoms with E-state index in [1.165, 1.54) is 6.92 Å². The van der Waals surface area contributed by atoms with Gasteiger partial charge in [-0.1, -0.05) is 0 Å². The minimum atomic E-state index is -1.38. The topological polar surface area (TPSA) is 157 Å². The maximum Gasteiger partial charge on any atom is 0.417 e. The molecular formula is C17H23N3O8S. The second-order valence-electron chi connectivity index (χ2n) is 7.34. The summed E-state index contributed by atoms with van der Waals surface area (Å²) in [4.78, 5) is 62.0. The summed E-state index contributed by atoms with van der Waals surface area (Å²) < 4.78 is 10.1. The van der Waals surface area contributed by atoms with Crippen molar-refractivity contribution in [1.82, 2.24) is 9.80 Å². The van der Waals surface area contributed by atoms with Crippen LogP contribution in [0.1, 0.15) is 27.7 Å². The van der Waals surface area contributed by atoms with E-state index < -0.39 is 53.4 Å². The number of rotatable bonds is 5. The predicted octanol–water partition coefficient (Wildman–Crippen LogP) is -0.106. The summed E-state index contributed by atoms with van der Waals surface area (Å²) in [5.74, 6) is -3.40. The molecule has 12 heteroatoms. The molecule has 0 unspecified atom stereocenters. The molecular weight excluding hydrogens is 406 g/mol. The third-order valence-electron chi connectivity index (χ3n) is 3.98. The van der Waals surface area contributed by atoms with E-state index in [2.05, 4.69) is 0 Å². The zero-order chi connectivity index (χ0) is 22.1. The number of hydrogen-bond donors (Lipinski definition) is 2. The average molecular weight is 429 g/mol. The highest BCUT2D eigenvalue weighted by Crippen LogP contribution is 2.42. The van der Waals surface area contributed by atoms with E-state index in [0.717, 1.165) is 16.7 Å². The number of aliphatic carboxylic acids is 1. The highest BCUT2D eigenvalue weighted by Gasteiger charge is 2.58. The Morgan fingerprint density at radius 1 is 1.31 bits per heavy atom. The number of carboxylic acids is 1. The Bertz CT molecular complexity index is 788. The van der Waals surface area contributed by atoms with Gasteiger partial charge in [0.25, 0.3) is 5.91 Å². The third kappa shape index (κ3) is 4.70. The number of fused-ring (bicyclic) bond motifs is 1. The Hall–Kier alpha value is -2.60. The summed E-state index contributed by atoms with van der Waals surface area (Å²) in [5.41, 5.74) is 4.40. The number of carbonyl (C=O) groups excluding carboxylic acids is 4. The molecule has 3 N–H and O–H groups in total. The lowest BCUT2D eigenvalue weighted by Crippen LogP contribution is -2.73. The van der Waals surface area contributed by atoms with Gasteiger partial charge >= 0.3 is 18.0 Å². The summed E-state index contributed by atoms with van der Waals surface area (Å²) >= 11 is 1.15. The fourth-order valence-corrected chi connectivity index (χ4v) is 4.22. The van der Waals surface area contributed by atoms with E-state index in [0.29, 0.717) is 4.90 Å². The maximum atomic E-state index is 12.8. The van der Waals surface area contributed by atoms with Gasteiger partial charge in [-0.05, 0) is 20.8 Å². The Labute approximate surface area is 171 Å². The van der Waals surface area contributed by atoms with Crippen molar-refractivity contribution in [1.29, 1.82) is 0 Å². The molecule has 0 bridgehead atoms. The van der Waals surface area contributed by atoms with Gasteiger partial charge in [-0.2, -0.15) is 0 Å². The van der Waals surface area contributed by atoms with Crippen molar-refractivity contribution in [3.8, 4) is 0 Å². The van der Waals surface area contributed by atoms with Crippen molar-refractivity contribution in [2.24, 2.45) is 5.73 Å². The van der Waals surface area contributed by atoms with Crippen LogP contribution in [0.2, 0.25) is 0 Å². The largest absolute Gasteiger partial charge is 0.477 e. The second kappa shape index (κ2) is 8.41. The summed E-state index contributed by atoms with van der Waals surface area (Å²) in [6.07, 6.45) is -1.03. The van der Waals surface area contributed by atoms with E-state index in [4.69, 9.17) is 15.2 Å². The lowest BCUT2D eigenvalue weighted by molar-refractivity contribution is -0.158. The van der Waals surface area contributed by atoms with E-state index in [9.17, 15) is 29.1 Å². The number of nitrogens with zero attached hydrogens (tertiary/aromatic N) is 2. The predicted molar refractivity (Wildman–Crippen MR) is 100 cm³/mol. The van der Waals surface area contributed by atoms with Crippen LogP contribution in [0.4, 0.5) is 4.79 Å². The second-order valence-corrected chi connectivity index (χ2v) is 8.45. The normalized spacial score (nSPS) is 21.1. The third-order valence-corrected chi connectivity index (χ3v) is 5.31. The molecule has 0 aromatic carbocycles. The van der Waals surface area contributed by atoms with Gasteiger partial charge in [0.1, 0.15) is 23.3 Å². The fourth-order valence-electron chi connectivity index (χ4n) is 2.85. The monoisotopic (exact) mass is 429 g/mol. The zero-order valence-corrected chi connectivity index (χ0v) is 17.3. The Morgan fingerprint density at radius 3 is 2.41 bits per heavy atom. The number of carbonyl (C=O) groups is 5. The van der Waals surface area contributed by atoms with Crippen LogP contribution < -0.4 is 5.73 Å². The average Bonchev–Trinajstić information content (AvgIpc) is 2.60. The molecule has 0 saturated carbocycles. The van der Waals surface area contributed by atoms with Crippen LogP contribution in [0.25, 0.3) is 0 Å². The first kappa shape index (κ1) is 22.7. The Balaban J connectivity index is 2.34. The maximum absolute atomic E-state index is 12.8. The van der Waals surface area contributed by atoms with Gasteiger partial charge in [0.2, 0.25) is 5.91 Å². The molecule has 0 aromatic heterocycles. The quantitative estimate of drug-likeness (QED) is 0.446. The smallest absolute Gasteiger partial charge is 0.417 e. The summed E-state index contributed by atoms with van der Waals surface area (Å²) in [5, 5.41) is 8.75. The molecule has 1 fully saturated rings. The first-order valence-electron chi connectivity index (χ1n) is 8.67. The highest BCUT2D eigenvalue weighted by molar-refractivity contribution is 8.00. The van der Waals surface area contributed by atoms with Crippen molar-refractivity contribution in [3.05, 3.63) is 11.3 Å². The SMILES string of the molecule is CC(=O)OCC1=C(C(=O)O)N2C(=O)[C@@H](N(C(=O)CN)C(=O)OC(C)(C)C)[C@H]2SC1. The number of hydrogen-bond acceptors (Lipinski definition) is 9. The molecule has 2 heterocycles. The number of imide groups is 1. The fraction of sp³-hybridized carbons (Fsp3) is 0.588. The first-order valence-corrected chi connectivity index (χ1v) is 9.72. The molecule has 0 aromatic rings. The van der Waals surface area contributed by atoms with E-state index in [1.54, 1.807) is 20.8 Å². The van der Waals surface area contributed by atoms with Crippen LogP contribution in [0.5, 0.6) is 0 Å². The molecule has 0 spiro atoms. The van der Waals surface area contributed by atoms with Crippen molar-refractivity contribution >= 4 is 41.6 Å². The van der Waals surface area contributed by atoms with Gasteiger partial charge in [-0.15, -0.1) is 11.8 Å². The minimum Gasteiger partial charge on any atom is -0.477 e. The van der Waals surface area contributed by atoms with Gasteiger partial charge < -0.3 is 20.3 Å². The minimum absolute atomic E-state index is 0.138. The molecule has 2 rings (SSSR count). The summed E-state index contributed by atoms with van der Waals surface area (Å²) in [6.45, 7) is 5.19. The lowest BCUT2D eigenvalue weighted by atomic mass is 10.0. The standard InChI is InChI=1S/C17H23N3O8S/c1-8(21)27-6-9-7-29-14-12(13(23)20(14)11(9)15(24)25)19(10(22)5-18)16(26)28-17(2,3)4/h12,14H,5-7,18H2,1-4H3,(H,24,25)/t12-,14-/m1/s1. The van der Waals surface area contributed by atoms with E-state index in [-0.39, 0.29) is 23.6 Å². The number of carboxylic acid groups (broad SMARTS) is 1. The number of β-lactam (4-membered cyclic amide) rings is 1. The molecule has 2 aliphatic rings. The molecule has 2 aliphatic heterocycles. The van der Waals surface area contributed by atoms with Gasteiger partial charge in [-0.25, -0.2) is 14.5 Å².